The Labute approximate surface area is 112 Å². The van der Waals surface area contributed by atoms with Crippen LogP contribution in [0.4, 0.5) is 0 Å². The number of carboxylic acid groups (broad SMARTS) is 1. The maximum Gasteiger partial charge on any atom is 0.303 e. The maximum absolute atomic E-state index is 11.7. The first-order valence-electron chi connectivity index (χ1n) is 6.28. The Balaban J connectivity index is 2.33. The monoisotopic (exact) mass is 264 g/mol. The molecular formula is C14H20N2O3. The Hall–Kier alpha value is -1.88. The number of nitrogens with two attached hydrogens (primary N) is 1. The van der Waals surface area contributed by atoms with E-state index in [4.69, 9.17) is 10.8 Å². The highest BCUT2D eigenvalue weighted by molar-refractivity contribution is 5.76. The molecule has 1 amide bonds. The summed E-state index contributed by atoms with van der Waals surface area (Å²) in [5.74, 6) is -1.11. The Morgan fingerprint density at radius 3 is 2.47 bits per heavy atom. The van der Waals surface area contributed by atoms with E-state index in [1.807, 2.05) is 30.3 Å². The minimum absolute atomic E-state index is 0.0466. The predicted octanol–water partition coefficient (Wildman–Crippen LogP) is 1.30. The summed E-state index contributed by atoms with van der Waals surface area (Å²) in [5, 5.41) is 11.3. The molecule has 0 saturated carbocycles. The molecule has 0 aliphatic rings. The van der Waals surface area contributed by atoms with Gasteiger partial charge in [-0.1, -0.05) is 37.3 Å². The molecule has 0 heterocycles. The lowest BCUT2D eigenvalue weighted by Crippen LogP contribution is -2.31. The summed E-state index contributed by atoms with van der Waals surface area (Å²) in [4.78, 5) is 22.2. The van der Waals surface area contributed by atoms with Crippen molar-refractivity contribution in [2.75, 3.05) is 6.54 Å². The second kappa shape index (κ2) is 7.53. The van der Waals surface area contributed by atoms with E-state index in [1.54, 1.807) is 6.92 Å². The average Bonchev–Trinajstić information content (AvgIpc) is 2.36. The number of nitrogens with one attached hydrogen (secondary N) is 1. The van der Waals surface area contributed by atoms with E-state index < -0.39 is 5.97 Å². The fourth-order valence-electron chi connectivity index (χ4n) is 1.75. The van der Waals surface area contributed by atoms with Crippen LogP contribution in [0.15, 0.2) is 30.3 Å². The first-order valence-corrected chi connectivity index (χ1v) is 6.28. The molecule has 0 saturated heterocycles. The van der Waals surface area contributed by atoms with E-state index in [0.29, 0.717) is 6.54 Å². The molecule has 104 valence electrons. The standard InChI is InChI=1S/C14H20N2O3/c1-10(7-14(18)19)9-16-13(17)8-12(15)11-5-3-2-4-6-11/h2-6,10,12H,7-9,15H2,1H3,(H,16,17)(H,18,19). The minimum atomic E-state index is -0.859. The van der Waals surface area contributed by atoms with Gasteiger partial charge in [-0.15, -0.1) is 0 Å². The van der Waals surface area contributed by atoms with E-state index in [0.717, 1.165) is 5.56 Å². The molecule has 19 heavy (non-hydrogen) atoms. The summed E-state index contributed by atoms with van der Waals surface area (Å²) in [6, 6.07) is 9.07. The lowest BCUT2D eigenvalue weighted by Gasteiger charge is -2.14. The molecule has 4 N–H and O–H groups in total. The predicted molar refractivity (Wildman–Crippen MR) is 72.4 cm³/mol. The molecule has 1 aromatic rings. The average molecular weight is 264 g/mol. The number of hydrogen-bond acceptors (Lipinski definition) is 3. The van der Waals surface area contributed by atoms with Gasteiger partial charge in [0.05, 0.1) is 0 Å². The Bertz CT molecular complexity index is 420. The quantitative estimate of drug-likeness (QED) is 0.692. The minimum Gasteiger partial charge on any atom is -0.481 e. The molecule has 2 atom stereocenters. The molecule has 0 fully saturated rings. The van der Waals surface area contributed by atoms with Crippen LogP contribution in [0.3, 0.4) is 0 Å². The van der Waals surface area contributed by atoms with Gasteiger partial charge in [0.15, 0.2) is 0 Å². The summed E-state index contributed by atoms with van der Waals surface area (Å²) < 4.78 is 0. The smallest absolute Gasteiger partial charge is 0.303 e. The van der Waals surface area contributed by atoms with Crippen molar-refractivity contribution in [3.05, 3.63) is 35.9 Å². The van der Waals surface area contributed by atoms with Crippen LogP contribution in [-0.2, 0) is 9.59 Å². The number of carbonyl (C=O) groups excluding carboxylic acids is 1. The fourth-order valence-corrected chi connectivity index (χ4v) is 1.75. The molecule has 5 heteroatoms. The van der Waals surface area contributed by atoms with Crippen molar-refractivity contribution >= 4 is 11.9 Å². The summed E-state index contributed by atoms with van der Waals surface area (Å²) in [5.41, 5.74) is 6.84. The third-order valence-electron chi connectivity index (χ3n) is 2.80. The lowest BCUT2D eigenvalue weighted by atomic mass is 10.0. The summed E-state index contributed by atoms with van der Waals surface area (Å²) >= 11 is 0. The van der Waals surface area contributed by atoms with Gasteiger partial charge in [-0.25, -0.2) is 0 Å². The van der Waals surface area contributed by atoms with Gasteiger partial charge >= 0.3 is 5.97 Å². The maximum atomic E-state index is 11.7. The number of benzene rings is 1. The molecule has 0 aliphatic carbocycles. The second-order valence-corrected chi connectivity index (χ2v) is 4.73. The molecule has 1 aromatic carbocycles. The number of carboxylic acids is 1. The molecule has 0 spiro atoms. The topological polar surface area (TPSA) is 92.4 Å². The van der Waals surface area contributed by atoms with E-state index in [-0.39, 0.29) is 30.7 Å². The largest absolute Gasteiger partial charge is 0.481 e. The van der Waals surface area contributed by atoms with Crippen LogP contribution < -0.4 is 11.1 Å². The zero-order valence-electron chi connectivity index (χ0n) is 11.0. The molecular weight excluding hydrogens is 244 g/mol. The van der Waals surface area contributed by atoms with Gasteiger partial charge in [-0.2, -0.15) is 0 Å². The van der Waals surface area contributed by atoms with E-state index >= 15 is 0 Å². The Morgan fingerprint density at radius 2 is 1.89 bits per heavy atom. The van der Waals surface area contributed by atoms with Crippen molar-refractivity contribution in [2.24, 2.45) is 11.7 Å². The van der Waals surface area contributed by atoms with Gasteiger partial charge in [-0.3, -0.25) is 9.59 Å². The van der Waals surface area contributed by atoms with Crippen molar-refractivity contribution < 1.29 is 14.7 Å². The summed E-state index contributed by atoms with van der Waals surface area (Å²) in [7, 11) is 0. The van der Waals surface area contributed by atoms with Gasteiger partial charge in [-0.05, 0) is 11.5 Å². The van der Waals surface area contributed by atoms with Crippen LogP contribution in [0.2, 0.25) is 0 Å². The van der Waals surface area contributed by atoms with Crippen molar-refractivity contribution in [1.29, 1.82) is 0 Å². The summed E-state index contributed by atoms with van der Waals surface area (Å²) in [6.07, 6.45) is 0.245. The zero-order valence-corrected chi connectivity index (χ0v) is 11.0. The highest BCUT2D eigenvalue weighted by Gasteiger charge is 2.13. The highest BCUT2D eigenvalue weighted by atomic mass is 16.4. The van der Waals surface area contributed by atoms with Gasteiger partial charge < -0.3 is 16.2 Å². The molecule has 1 rings (SSSR count). The summed E-state index contributed by atoms with van der Waals surface area (Å²) in [6.45, 7) is 2.14. The van der Waals surface area contributed by atoms with Gasteiger partial charge in [0.25, 0.3) is 0 Å². The Kier molecular flexibility index (Phi) is 6.02. The van der Waals surface area contributed by atoms with Crippen LogP contribution in [0, 0.1) is 5.92 Å². The van der Waals surface area contributed by atoms with E-state index in [2.05, 4.69) is 5.32 Å². The van der Waals surface area contributed by atoms with Crippen molar-refractivity contribution in [2.45, 2.75) is 25.8 Å². The van der Waals surface area contributed by atoms with Crippen molar-refractivity contribution in [1.82, 2.24) is 5.32 Å². The first kappa shape index (κ1) is 15.2. The van der Waals surface area contributed by atoms with Crippen molar-refractivity contribution in [3.8, 4) is 0 Å². The third kappa shape index (κ3) is 6.01. The SMILES string of the molecule is CC(CNC(=O)CC(N)c1ccccc1)CC(=O)O. The van der Waals surface area contributed by atoms with Crippen LogP contribution in [-0.4, -0.2) is 23.5 Å². The van der Waals surface area contributed by atoms with E-state index in [9.17, 15) is 9.59 Å². The molecule has 5 nitrogen and oxygen atoms in total. The normalized spacial score (nSPS) is 13.6. The first-order chi connectivity index (χ1) is 8.99. The van der Waals surface area contributed by atoms with Gasteiger partial charge in [0.2, 0.25) is 5.91 Å². The van der Waals surface area contributed by atoms with Crippen LogP contribution in [0.1, 0.15) is 31.4 Å². The zero-order chi connectivity index (χ0) is 14.3. The molecule has 0 bridgehead atoms. The molecule has 0 radical (unpaired) electrons. The number of hydrogen-bond donors (Lipinski definition) is 3. The number of carbonyl (C=O) groups is 2. The number of aliphatic carboxylic acids is 1. The lowest BCUT2D eigenvalue weighted by molar-refractivity contribution is -0.138. The van der Waals surface area contributed by atoms with Crippen LogP contribution in [0.25, 0.3) is 0 Å². The molecule has 0 aliphatic heterocycles. The van der Waals surface area contributed by atoms with Crippen molar-refractivity contribution in [3.63, 3.8) is 0 Å². The Morgan fingerprint density at radius 1 is 1.26 bits per heavy atom. The van der Waals surface area contributed by atoms with Gasteiger partial charge in [0, 0.05) is 25.4 Å². The number of amides is 1. The van der Waals surface area contributed by atoms with Gasteiger partial charge in [0.1, 0.15) is 0 Å². The van der Waals surface area contributed by atoms with Crippen LogP contribution in [0.5, 0.6) is 0 Å². The molecule has 0 aromatic heterocycles. The second-order valence-electron chi connectivity index (χ2n) is 4.73. The highest BCUT2D eigenvalue weighted by Crippen LogP contribution is 2.12. The third-order valence-corrected chi connectivity index (χ3v) is 2.80. The molecule has 2 unspecified atom stereocenters. The van der Waals surface area contributed by atoms with Crippen LogP contribution >= 0.6 is 0 Å². The number of rotatable bonds is 7. The van der Waals surface area contributed by atoms with E-state index in [1.165, 1.54) is 0 Å². The fraction of sp³-hybridized carbons (Fsp3) is 0.429.